The average Bonchev–Trinajstić information content (AvgIpc) is 2.60. The van der Waals surface area contributed by atoms with Crippen molar-refractivity contribution in [3.05, 3.63) is 73.1 Å². The maximum atomic E-state index is 12.2. The molecule has 9 nitrogen and oxygen atoms in total. The third-order valence-corrected chi connectivity index (χ3v) is 3.62. The number of fused-ring (bicyclic) bond motifs is 1. The second kappa shape index (κ2) is 6.04. The normalized spacial score (nSPS) is 10.6. The lowest BCUT2D eigenvalue weighted by Crippen LogP contribution is -2.05. The van der Waals surface area contributed by atoms with Crippen molar-refractivity contribution in [2.75, 3.05) is 7.11 Å². The van der Waals surface area contributed by atoms with E-state index >= 15 is 0 Å². The Morgan fingerprint density at radius 1 is 0.960 bits per heavy atom. The van der Waals surface area contributed by atoms with Gasteiger partial charge in [0.2, 0.25) is 0 Å². The maximum Gasteiger partial charge on any atom is 0.344 e. The van der Waals surface area contributed by atoms with Crippen molar-refractivity contribution in [1.29, 1.82) is 0 Å². The molecule has 0 unspecified atom stereocenters. The van der Waals surface area contributed by atoms with Gasteiger partial charge in [0.1, 0.15) is 11.3 Å². The number of nitro groups is 2. The van der Waals surface area contributed by atoms with Gasteiger partial charge in [-0.2, -0.15) is 0 Å². The van der Waals surface area contributed by atoms with Crippen LogP contribution in [-0.4, -0.2) is 17.0 Å². The van der Waals surface area contributed by atoms with Crippen molar-refractivity contribution in [1.82, 2.24) is 0 Å². The lowest BCUT2D eigenvalue weighted by Gasteiger charge is -2.05. The summed E-state index contributed by atoms with van der Waals surface area (Å²) in [4.78, 5) is 32.8. The van der Waals surface area contributed by atoms with Gasteiger partial charge in [0.15, 0.2) is 0 Å². The highest BCUT2D eigenvalue weighted by molar-refractivity contribution is 5.85. The molecule has 0 aliphatic carbocycles. The summed E-state index contributed by atoms with van der Waals surface area (Å²) in [5.41, 5.74) is -1.61. The molecular formula is C16H10N2O7. The summed E-state index contributed by atoms with van der Waals surface area (Å²) < 4.78 is 10.3. The lowest BCUT2D eigenvalue weighted by molar-refractivity contribution is -0.393. The van der Waals surface area contributed by atoms with Crippen LogP contribution in [0.3, 0.4) is 0 Å². The monoisotopic (exact) mass is 342 g/mol. The molecule has 9 heteroatoms. The standard InChI is InChI=1S/C16H10N2O7/c1-24-11-3-5-15-9(6-11)7-13(16(19)25-15)12-4-2-10(17(20)21)8-14(12)18(22)23/h2-8H,1H3. The number of nitrogens with zero attached hydrogens (tertiary/aromatic N) is 2. The molecule has 0 amide bonds. The zero-order valence-electron chi connectivity index (χ0n) is 12.8. The fraction of sp³-hybridized carbons (Fsp3) is 0.0625. The number of nitro benzene ring substituents is 2. The molecule has 126 valence electrons. The van der Waals surface area contributed by atoms with Crippen LogP contribution < -0.4 is 10.4 Å². The van der Waals surface area contributed by atoms with Gasteiger partial charge in [-0.05, 0) is 30.3 Å². The predicted octanol–water partition coefficient (Wildman–Crippen LogP) is 3.29. The molecule has 0 saturated heterocycles. The Hall–Kier alpha value is -3.75. The number of hydrogen-bond donors (Lipinski definition) is 0. The molecule has 25 heavy (non-hydrogen) atoms. The maximum absolute atomic E-state index is 12.2. The number of ether oxygens (including phenoxy) is 1. The first-order valence-corrected chi connectivity index (χ1v) is 6.96. The highest BCUT2D eigenvalue weighted by Gasteiger charge is 2.23. The summed E-state index contributed by atoms with van der Waals surface area (Å²) in [6.07, 6.45) is 0. The Balaban J connectivity index is 2.28. The molecule has 0 saturated carbocycles. The van der Waals surface area contributed by atoms with Crippen molar-refractivity contribution in [3.8, 4) is 16.9 Å². The summed E-state index contributed by atoms with van der Waals surface area (Å²) in [7, 11) is 1.47. The van der Waals surface area contributed by atoms with E-state index in [0.717, 1.165) is 18.2 Å². The van der Waals surface area contributed by atoms with E-state index in [2.05, 4.69) is 0 Å². The average molecular weight is 342 g/mol. The molecule has 1 heterocycles. The van der Waals surface area contributed by atoms with E-state index in [0.29, 0.717) is 16.7 Å². The number of benzene rings is 2. The van der Waals surface area contributed by atoms with Crippen molar-refractivity contribution >= 4 is 22.3 Å². The SMILES string of the molecule is COc1ccc2oc(=O)c(-c3ccc([N+](=O)[O-])cc3[N+](=O)[O-])cc2c1. The van der Waals surface area contributed by atoms with Crippen LogP contribution in [0, 0.1) is 20.2 Å². The minimum atomic E-state index is -0.783. The Bertz CT molecular complexity index is 1070. The predicted molar refractivity (Wildman–Crippen MR) is 87.8 cm³/mol. The Kier molecular flexibility index (Phi) is 3.89. The number of hydrogen-bond acceptors (Lipinski definition) is 7. The largest absolute Gasteiger partial charge is 0.497 e. The molecular weight excluding hydrogens is 332 g/mol. The van der Waals surface area contributed by atoms with Crippen molar-refractivity contribution in [3.63, 3.8) is 0 Å². The quantitative estimate of drug-likeness (QED) is 0.404. The second-order valence-corrected chi connectivity index (χ2v) is 5.07. The van der Waals surface area contributed by atoms with Crippen LogP contribution in [0.4, 0.5) is 11.4 Å². The molecule has 0 atom stereocenters. The van der Waals surface area contributed by atoms with Crippen LogP contribution >= 0.6 is 0 Å². The van der Waals surface area contributed by atoms with E-state index in [4.69, 9.17) is 9.15 Å². The minimum absolute atomic E-state index is 0.0610. The molecule has 0 aliphatic rings. The van der Waals surface area contributed by atoms with Crippen LogP contribution in [0.1, 0.15) is 0 Å². The first kappa shape index (κ1) is 16.1. The fourth-order valence-electron chi connectivity index (χ4n) is 2.43. The van der Waals surface area contributed by atoms with E-state index in [1.165, 1.54) is 13.2 Å². The van der Waals surface area contributed by atoms with Gasteiger partial charge in [0, 0.05) is 11.5 Å². The fourth-order valence-corrected chi connectivity index (χ4v) is 2.43. The molecule has 0 aliphatic heterocycles. The van der Waals surface area contributed by atoms with Gasteiger partial charge in [0.05, 0.1) is 34.1 Å². The van der Waals surface area contributed by atoms with Crippen molar-refractivity contribution in [2.45, 2.75) is 0 Å². The van der Waals surface area contributed by atoms with Crippen LogP contribution in [0.15, 0.2) is 51.7 Å². The van der Waals surface area contributed by atoms with E-state index in [1.54, 1.807) is 18.2 Å². The summed E-state index contributed by atoms with van der Waals surface area (Å²) in [6, 6.07) is 9.26. The smallest absolute Gasteiger partial charge is 0.344 e. The van der Waals surface area contributed by atoms with Gasteiger partial charge in [-0.1, -0.05) is 0 Å². The first-order chi connectivity index (χ1) is 11.9. The van der Waals surface area contributed by atoms with Crippen molar-refractivity contribution < 1.29 is 19.0 Å². The van der Waals surface area contributed by atoms with E-state index in [9.17, 15) is 25.0 Å². The molecule has 0 radical (unpaired) electrons. The first-order valence-electron chi connectivity index (χ1n) is 6.96. The van der Waals surface area contributed by atoms with Gasteiger partial charge >= 0.3 is 5.63 Å². The summed E-state index contributed by atoms with van der Waals surface area (Å²) in [5.74, 6) is 0.519. The highest BCUT2D eigenvalue weighted by atomic mass is 16.6. The van der Waals surface area contributed by atoms with Gasteiger partial charge < -0.3 is 9.15 Å². The topological polar surface area (TPSA) is 126 Å². The number of non-ortho nitro benzene ring substituents is 1. The van der Waals surface area contributed by atoms with Crippen molar-refractivity contribution in [2.24, 2.45) is 0 Å². The summed E-state index contributed by atoms with van der Waals surface area (Å²) in [6.45, 7) is 0. The zero-order valence-corrected chi connectivity index (χ0v) is 12.8. The molecule has 0 N–H and O–H groups in total. The van der Waals surface area contributed by atoms with Crippen LogP contribution in [-0.2, 0) is 0 Å². The second-order valence-electron chi connectivity index (χ2n) is 5.07. The Morgan fingerprint density at radius 3 is 2.36 bits per heavy atom. The molecule has 3 rings (SSSR count). The third-order valence-electron chi connectivity index (χ3n) is 3.62. The summed E-state index contributed by atoms with van der Waals surface area (Å²) >= 11 is 0. The molecule has 1 aromatic heterocycles. The minimum Gasteiger partial charge on any atom is -0.497 e. The number of rotatable bonds is 4. The molecule has 0 fully saturated rings. The molecule has 2 aromatic carbocycles. The third kappa shape index (κ3) is 2.90. The Labute approximate surface area is 139 Å². The molecule has 3 aromatic rings. The van der Waals surface area contributed by atoms with Gasteiger partial charge in [-0.25, -0.2) is 4.79 Å². The summed E-state index contributed by atoms with van der Waals surface area (Å²) in [5, 5.41) is 22.6. The molecule has 0 spiro atoms. The van der Waals surface area contributed by atoms with Crippen LogP contribution in [0.2, 0.25) is 0 Å². The van der Waals surface area contributed by atoms with Gasteiger partial charge in [-0.3, -0.25) is 20.2 Å². The molecule has 0 bridgehead atoms. The van der Waals surface area contributed by atoms with E-state index in [-0.39, 0.29) is 11.1 Å². The Morgan fingerprint density at radius 2 is 1.72 bits per heavy atom. The highest BCUT2D eigenvalue weighted by Crippen LogP contribution is 2.33. The lowest BCUT2D eigenvalue weighted by atomic mass is 10.0. The van der Waals surface area contributed by atoms with Crippen LogP contribution in [0.5, 0.6) is 5.75 Å². The number of methoxy groups -OCH3 is 1. The van der Waals surface area contributed by atoms with E-state index < -0.39 is 26.8 Å². The van der Waals surface area contributed by atoms with Gasteiger partial charge in [0.25, 0.3) is 11.4 Å². The van der Waals surface area contributed by atoms with Gasteiger partial charge in [-0.15, -0.1) is 0 Å². The van der Waals surface area contributed by atoms with E-state index in [1.807, 2.05) is 0 Å². The van der Waals surface area contributed by atoms with Crippen LogP contribution in [0.25, 0.3) is 22.1 Å². The zero-order chi connectivity index (χ0) is 18.1.